The first kappa shape index (κ1) is 18.2. The standard InChI is InChI=1S/C21H17N5O3/c1-29-17-7-4-14(5-8-17)24-25-16-6-9-20(27)18(10-16)21(28)23-15-3-2-13-12-22-26-19(13)11-15/h2-12,27H,1H3,(H,22,26)(H,23,28)/b25-24+. The summed E-state index contributed by atoms with van der Waals surface area (Å²) in [7, 11) is 1.59. The zero-order chi connectivity index (χ0) is 20.2. The fourth-order valence-corrected chi connectivity index (χ4v) is 2.75. The quantitative estimate of drug-likeness (QED) is 0.421. The minimum atomic E-state index is -0.456. The molecular formula is C21H17N5O3. The van der Waals surface area contributed by atoms with Crippen molar-refractivity contribution in [2.45, 2.75) is 0 Å². The molecule has 0 bridgehead atoms. The number of aromatic hydroxyl groups is 1. The van der Waals surface area contributed by atoms with Crippen LogP contribution in [0.5, 0.6) is 11.5 Å². The normalized spacial score (nSPS) is 11.1. The number of rotatable bonds is 5. The van der Waals surface area contributed by atoms with E-state index in [4.69, 9.17) is 4.74 Å². The maximum Gasteiger partial charge on any atom is 0.259 e. The highest BCUT2D eigenvalue weighted by molar-refractivity contribution is 6.07. The van der Waals surface area contributed by atoms with Crippen LogP contribution in [0, 0.1) is 0 Å². The van der Waals surface area contributed by atoms with Crippen LogP contribution in [0.25, 0.3) is 10.9 Å². The van der Waals surface area contributed by atoms with E-state index >= 15 is 0 Å². The molecule has 3 N–H and O–H groups in total. The molecular weight excluding hydrogens is 370 g/mol. The molecule has 0 aliphatic heterocycles. The van der Waals surface area contributed by atoms with E-state index in [2.05, 4.69) is 25.7 Å². The maximum absolute atomic E-state index is 12.6. The van der Waals surface area contributed by atoms with Gasteiger partial charge in [0.2, 0.25) is 0 Å². The predicted octanol–water partition coefficient (Wildman–Crippen LogP) is 4.94. The fourth-order valence-electron chi connectivity index (χ4n) is 2.75. The van der Waals surface area contributed by atoms with Crippen LogP contribution in [0.15, 0.2) is 77.1 Å². The minimum absolute atomic E-state index is 0.0980. The number of H-pyrrole nitrogens is 1. The van der Waals surface area contributed by atoms with Gasteiger partial charge in [0.15, 0.2) is 0 Å². The van der Waals surface area contributed by atoms with Gasteiger partial charge in [0.1, 0.15) is 11.5 Å². The highest BCUT2D eigenvalue weighted by atomic mass is 16.5. The van der Waals surface area contributed by atoms with Crippen molar-refractivity contribution in [2.24, 2.45) is 10.2 Å². The molecule has 1 heterocycles. The maximum atomic E-state index is 12.6. The van der Waals surface area contributed by atoms with Gasteiger partial charge in [0.25, 0.3) is 5.91 Å². The molecule has 144 valence electrons. The topological polar surface area (TPSA) is 112 Å². The van der Waals surface area contributed by atoms with Gasteiger partial charge in [0.05, 0.1) is 35.8 Å². The molecule has 8 heteroatoms. The van der Waals surface area contributed by atoms with Crippen molar-refractivity contribution in [3.8, 4) is 11.5 Å². The Morgan fingerprint density at radius 3 is 2.59 bits per heavy atom. The number of amides is 1. The second-order valence-electron chi connectivity index (χ2n) is 6.23. The van der Waals surface area contributed by atoms with Gasteiger partial charge >= 0.3 is 0 Å². The van der Waals surface area contributed by atoms with Crippen LogP contribution < -0.4 is 10.1 Å². The van der Waals surface area contributed by atoms with E-state index in [1.54, 1.807) is 55.8 Å². The number of nitrogens with zero attached hydrogens (tertiary/aromatic N) is 3. The number of carbonyl (C=O) groups is 1. The molecule has 4 rings (SSSR count). The first-order chi connectivity index (χ1) is 14.1. The van der Waals surface area contributed by atoms with Crippen molar-refractivity contribution in [1.82, 2.24) is 10.2 Å². The summed E-state index contributed by atoms with van der Waals surface area (Å²) in [5.74, 6) is 0.122. The lowest BCUT2D eigenvalue weighted by atomic mass is 10.1. The van der Waals surface area contributed by atoms with Crippen LogP contribution in [-0.2, 0) is 0 Å². The van der Waals surface area contributed by atoms with E-state index in [-0.39, 0.29) is 11.3 Å². The molecule has 0 aliphatic carbocycles. The van der Waals surface area contributed by atoms with E-state index < -0.39 is 5.91 Å². The molecule has 0 radical (unpaired) electrons. The number of benzene rings is 3. The number of phenols is 1. The third kappa shape index (κ3) is 4.06. The van der Waals surface area contributed by atoms with Gasteiger partial charge in [-0.1, -0.05) is 0 Å². The van der Waals surface area contributed by atoms with Gasteiger partial charge in [-0.2, -0.15) is 15.3 Å². The molecule has 0 atom stereocenters. The number of hydrogen-bond donors (Lipinski definition) is 3. The fraction of sp³-hybridized carbons (Fsp3) is 0.0476. The van der Waals surface area contributed by atoms with Crippen LogP contribution in [0.3, 0.4) is 0 Å². The highest BCUT2D eigenvalue weighted by Crippen LogP contribution is 2.27. The van der Waals surface area contributed by atoms with Crippen LogP contribution in [-0.4, -0.2) is 28.3 Å². The van der Waals surface area contributed by atoms with Gasteiger partial charge in [-0.05, 0) is 60.7 Å². The molecule has 8 nitrogen and oxygen atoms in total. The summed E-state index contributed by atoms with van der Waals surface area (Å²) in [5, 5.41) is 28.9. The van der Waals surface area contributed by atoms with E-state index in [0.717, 1.165) is 16.7 Å². The number of phenolic OH excluding ortho intramolecular Hbond substituents is 1. The summed E-state index contributed by atoms with van der Waals surface area (Å²) in [6.07, 6.45) is 1.70. The Bertz CT molecular complexity index is 1200. The molecule has 0 fully saturated rings. The lowest BCUT2D eigenvalue weighted by Crippen LogP contribution is -2.11. The van der Waals surface area contributed by atoms with Crippen LogP contribution in [0.1, 0.15) is 10.4 Å². The molecule has 4 aromatic rings. The van der Waals surface area contributed by atoms with E-state index in [1.807, 2.05) is 6.07 Å². The first-order valence-electron chi connectivity index (χ1n) is 8.76. The average Bonchev–Trinajstić information content (AvgIpc) is 3.21. The summed E-state index contributed by atoms with van der Waals surface area (Å²) >= 11 is 0. The summed E-state index contributed by atoms with van der Waals surface area (Å²) in [6, 6.07) is 16.9. The third-order valence-corrected chi connectivity index (χ3v) is 4.28. The number of methoxy groups -OCH3 is 1. The Balaban J connectivity index is 1.53. The molecule has 0 unspecified atom stereocenters. The third-order valence-electron chi connectivity index (χ3n) is 4.28. The van der Waals surface area contributed by atoms with Crippen LogP contribution >= 0.6 is 0 Å². The Morgan fingerprint density at radius 2 is 1.79 bits per heavy atom. The molecule has 0 saturated carbocycles. The molecule has 3 aromatic carbocycles. The Morgan fingerprint density at radius 1 is 1.03 bits per heavy atom. The number of azo groups is 1. The van der Waals surface area contributed by atoms with E-state index in [0.29, 0.717) is 17.1 Å². The number of fused-ring (bicyclic) bond motifs is 1. The lowest BCUT2D eigenvalue weighted by molar-refractivity contribution is 0.102. The second kappa shape index (κ2) is 7.81. The molecule has 29 heavy (non-hydrogen) atoms. The smallest absolute Gasteiger partial charge is 0.259 e. The Hall–Kier alpha value is -4.20. The zero-order valence-corrected chi connectivity index (χ0v) is 15.5. The first-order valence-corrected chi connectivity index (χ1v) is 8.76. The number of ether oxygens (including phenoxy) is 1. The number of carbonyl (C=O) groups excluding carboxylic acids is 1. The van der Waals surface area contributed by atoms with Gasteiger partial charge < -0.3 is 15.2 Å². The van der Waals surface area contributed by atoms with E-state index in [9.17, 15) is 9.90 Å². The van der Waals surface area contributed by atoms with Gasteiger partial charge in [-0.25, -0.2) is 0 Å². The van der Waals surface area contributed by atoms with E-state index in [1.165, 1.54) is 12.1 Å². The molecule has 0 saturated heterocycles. The molecule has 1 aromatic heterocycles. The molecule has 0 spiro atoms. The number of nitrogens with one attached hydrogen (secondary N) is 2. The van der Waals surface area contributed by atoms with Crippen LogP contribution in [0.2, 0.25) is 0 Å². The molecule has 1 amide bonds. The largest absolute Gasteiger partial charge is 0.507 e. The molecule has 0 aliphatic rings. The van der Waals surface area contributed by atoms with Crippen molar-refractivity contribution >= 4 is 33.9 Å². The highest BCUT2D eigenvalue weighted by Gasteiger charge is 2.13. The van der Waals surface area contributed by atoms with Crippen LogP contribution in [0.4, 0.5) is 17.1 Å². The second-order valence-corrected chi connectivity index (χ2v) is 6.23. The summed E-state index contributed by atoms with van der Waals surface area (Å²) in [6.45, 7) is 0. The van der Waals surface area contributed by atoms with Gasteiger partial charge in [-0.3, -0.25) is 9.89 Å². The summed E-state index contributed by atoms with van der Waals surface area (Å²) in [5.41, 5.74) is 2.55. The summed E-state index contributed by atoms with van der Waals surface area (Å²) < 4.78 is 5.11. The van der Waals surface area contributed by atoms with Crippen molar-refractivity contribution in [3.05, 3.63) is 72.4 Å². The average molecular weight is 387 g/mol. The Labute approximate surface area is 165 Å². The van der Waals surface area contributed by atoms with Crippen molar-refractivity contribution in [1.29, 1.82) is 0 Å². The number of hydrogen-bond acceptors (Lipinski definition) is 6. The Kier molecular flexibility index (Phi) is 4.90. The number of anilines is 1. The van der Waals surface area contributed by atoms with Gasteiger partial charge in [-0.15, -0.1) is 0 Å². The van der Waals surface area contributed by atoms with Crippen molar-refractivity contribution in [2.75, 3.05) is 12.4 Å². The number of aromatic amines is 1. The SMILES string of the molecule is COc1ccc(/N=N/c2ccc(O)c(C(=O)Nc3ccc4cn[nH]c4c3)c2)cc1. The zero-order valence-electron chi connectivity index (χ0n) is 15.5. The monoisotopic (exact) mass is 387 g/mol. The van der Waals surface area contributed by atoms with Crippen molar-refractivity contribution < 1.29 is 14.6 Å². The number of aromatic nitrogens is 2. The van der Waals surface area contributed by atoms with Crippen molar-refractivity contribution in [3.63, 3.8) is 0 Å². The minimum Gasteiger partial charge on any atom is -0.507 e. The lowest BCUT2D eigenvalue weighted by Gasteiger charge is -2.07. The predicted molar refractivity (Wildman–Crippen MR) is 109 cm³/mol. The van der Waals surface area contributed by atoms with Gasteiger partial charge in [0, 0.05) is 11.1 Å². The summed E-state index contributed by atoms with van der Waals surface area (Å²) in [4.78, 5) is 12.6.